The molecule has 0 aromatic rings. The SMILES string of the molecule is CCCC1COC(O)C(C)C(C)=C1OC(C)=O. The summed E-state index contributed by atoms with van der Waals surface area (Å²) in [6.07, 6.45) is 1.05. The molecule has 1 N–H and O–H groups in total. The van der Waals surface area contributed by atoms with E-state index in [1.165, 1.54) is 6.92 Å². The van der Waals surface area contributed by atoms with Gasteiger partial charge in [0, 0.05) is 18.8 Å². The summed E-state index contributed by atoms with van der Waals surface area (Å²) in [6.45, 7) is 7.64. The number of ether oxygens (including phenoxy) is 2. The van der Waals surface area contributed by atoms with Crippen LogP contribution in [0.15, 0.2) is 11.3 Å². The van der Waals surface area contributed by atoms with Gasteiger partial charge < -0.3 is 14.6 Å². The molecule has 4 heteroatoms. The first-order valence-corrected chi connectivity index (χ1v) is 6.16. The normalized spacial score (nSPS) is 30.1. The molecule has 0 aliphatic carbocycles. The molecule has 0 bridgehead atoms. The van der Waals surface area contributed by atoms with Crippen LogP contribution in [0.4, 0.5) is 0 Å². The first kappa shape index (κ1) is 14.2. The molecule has 1 rings (SSSR count). The molecule has 0 saturated heterocycles. The summed E-state index contributed by atoms with van der Waals surface area (Å²) < 4.78 is 10.7. The van der Waals surface area contributed by atoms with Crippen molar-refractivity contribution >= 4 is 5.97 Å². The van der Waals surface area contributed by atoms with Gasteiger partial charge in [0.05, 0.1) is 6.61 Å². The van der Waals surface area contributed by atoms with Crippen LogP contribution in [-0.4, -0.2) is 24.0 Å². The lowest BCUT2D eigenvalue weighted by Gasteiger charge is -2.19. The maximum atomic E-state index is 11.1. The van der Waals surface area contributed by atoms with E-state index >= 15 is 0 Å². The Balaban J connectivity index is 3.01. The third kappa shape index (κ3) is 3.54. The fraction of sp³-hybridized carbons (Fsp3) is 0.769. The standard InChI is InChI=1S/C13H22O4/c1-5-6-11-7-16-13(15)9(3)8(2)12(11)17-10(4)14/h9,11,13,15H,5-7H2,1-4H3. The van der Waals surface area contributed by atoms with E-state index in [1.54, 1.807) is 0 Å². The number of rotatable bonds is 3. The fourth-order valence-electron chi connectivity index (χ4n) is 2.08. The maximum Gasteiger partial charge on any atom is 0.307 e. The number of carbonyl (C=O) groups is 1. The van der Waals surface area contributed by atoms with E-state index in [2.05, 4.69) is 6.92 Å². The highest BCUT2D eigenvalue weighted by Crippen LogP contribution is 2.31. The summed E-state index contributed by atoms with van der Waals surface area (Å²) in [5.41, 5.74) is 0.906. The maximum absolute atomic E-state index is 11.1. The van der Waals surface area contributed by atoms with Crippen molar-refractivity contribution in [1.82, 2.24) is 0 Å². The minimum atomic E-state index is -0.817. The van der Waals surface area contributed by atoms with Crippen LogP contribution in [0.5, 0.6) is 0 Å². The van der Waals surface area contributed by atoms with E-state index in [1.807, 2.05) is 13.8 Å². The zero-order chi connectivity index (χ0) is 13.0. The van der Waals surface area contributed by atoms with E-state index in [0.29, 0.717) is 12.4 Å². The lowest BCUT2D eigenvalue weighted by Crippen LogP contribution is -2.21. The van der Waals surface area contributed by atoms with Gasteiger partial charge in [-0.3, -0.25) is 4.79 Å². The molecule has 0 aromatic heterocycles. The molecule has 3 atom stereocenters. The molecule has 3 unspecified atom stereocenters. The molecule has 0 radical (unpaired) electrons. The minimum absolute atomic E-state index is 0.0588. The van der Waals surface area contributed by atoms with Crippen molar-refractivity contribution in [2.75, 3.05) is 6.61 Å². The molecule has 0 amide bonds. The van der Waals surface area contributed by atoms with Crippen LogP contribution >= 0.6 is 0 Å². The van der Waals surface area contributed by atoms with Gasteiger partial charge in [0.15, 0.2) is 6.29 Å². The third-order valence-corrected chi connectivity index (χ3v) is 3.23. The second-order valence-electron chi connectivity index (χ2n) is 4.64. The Labute approximate surface area is 103 Å². The minimum Gasteiger partial charge on any atom is -0.431 e. The molecular weight excluding hydrogens is 220 g/mol. The highest BCUT2D eigenvalue weighted by atomic mass is 16.6. The number of aliphatic hydroxyl groups is 1. The second-order valence-corrected chi connectivity index (χ2v) is 4.64. The first-order valence-electron chi connectivity index (χ1n) is 6.16. The van der Waals surface area contributed by atoms with Gasteiger partial charge in [-0.1, -0.05) is 20.3 Å². The summed E-state index contributed by atoms with van der Waals surface area (Å²) in [5.74, 6) is 0.280. The van der Waals surface area contributed by atoms with Gasteiger partial charge in [-0.2, -0.15) is 0 Å². The van der Waals surface area contributed by atoms with E-state index in [0.717, 1.165) is 18.4 Å². The summed E-state index contributed by atoms with van der Waals surface area (Å²) in [7, 11) is 0. The van der Waals surface area contributed by atoms with Crippen LogP contribution in [-0.2, 0) is 14.3 Å². The number of aliphatic hydroxyl groups excluding tert-OH is 1. The zero-order valence-electron chi connectivity index (χ0n) is 11.0. The summed E-state index contributed by atoms with van der Waals surface area (Å²) in [6, 6.07) is 0. The number of hydrogen-bond acceptors (Lipinski definition) is 4. The zero-order valence-corrected chi connectivity index (χ0v) is 11.0. The fourth-order valence-corrected chi connectivity index (χ4v) is 2.08. The predicted octanol–water partition coefficient (Wildman–Crippen LogP) is 2.22. The summed E-state index contributed by atoms with van der Waals surface area (Å²) in [4.78, 5) is 11.1. The molecule has 0 aromatic carbocycles. The van der Waals surface area contributed by atoms with Crippen molar-refractivity contribution in [3.63, 3.8) is 0 Å². The van der Waals surface area contributed by atoms with Crippen LogP contribution in [0.2, 0.25) is 0 Å². The van der Waals surface area contributed by atoms with Crippen molar-refractivity contribution < 1.29 is 19.4 Å². The van der Waals surface area contributed by atoms with E-state index in [9.17, 15) is 9.90 Å². The molecule has 17 heavy (non-hydrogen) atoms. The average molecular weight is 242 g/mol. The lowest BCUT2D eigenvalue weighted by molar-refractivity contribution is -0.139. The molecule has 0 saturated carbocycles. The van der Waals surface area contributed by atoms with Crippen LogP contribution in [0.1, 0.15) is 40.5 Å². The smallest absolute Gasteiger partial charge is 0.307 e. The van der Waals surface area contributed by atoms with Gasteiger partial charge in [-0.15, -0.1) is 0 Å². The number of carbonyl (C=O) groups excluding carboxylic acids is 1. The molecule has 0 fully saturated rings. The third-order valence-electron chi connectivity index (χ3n) is 3.23. The Morgan fingerprint density at radius 2 is 2.24 bits per heavy atom. The average Bonchev–Trinajstić information content (AvgIpc) is 2.36. The molecule has 4 nitrogen and oxygen atoms in total. The molecule has 1 aliphatic heterocycles. The Hall–Kier alpha value is -0.870. The summed E-state index contributed by atoms with van der Waals surface area (Å²) in [5, 5.41) is 9.77. The second kappa shape index (κ2) is 6.17. The Morgan fingerprint density at radius 1 is 1.59 bits per heavy atom. The largest absolute Gasteiger partial charge is 0.431 e. The summed E-state index contributed by atoms with van der Waals surface area (Å²) >= 11 is 0. The van der Waals surface area contributed by atoms with Crippen molar-refractivity contribution in [3.8, 4) is 0 Å². The molecule has 0 spiro atoms. The van der Waals surface area contributed by atoms with Crippen LogP contribution in [0.25, 0.3) is 0 Å². The number of esters is 1. The van der Waals surface area contributed by atoms with Crippen LogP contribution < -0.4 is 0 Å². The lowest BCUT2D eigenvalue weighted by atomic mass is 9.94. The number of hydrogen-bond donors (Lipinski definition) is 1. The van der Waals surface area contributed by atoms with Crippen LogP contribution in [0.3, 0.4) is 0 Å². The van der Waals surface area contributed by atoms with Crippen molar-refractivity contribution in [3.05, 3.63) is 11.3 Å². The van der Waals surface area contributed by atoms with E-state index < -0.39 is 6.29 Å². The van der Waals surface area contributed by atoms with Gasteiger partial charge in [0.1, 0.15) is 5.76 Å². The highest BCUT2D eigenvalue weighted by molar-refractivity contribution is 5.67. The van der Waals surface area contributed by atoms with Crippen molar-refractivity contribution in [2.24, 2.45) is 11.8 Å². The van der Waals surface area contributed by atoms with E-state index in [-0.39, 0.29) is 17.8 Å². The van der Waals surface area contributed by atoms with Crippen LogP contribution in [0, 0.1) is 11.8 Å². The van der Waals surface area contributed by atoms with Crippen molar-refractivity contribution in [1.29, 1.82) is 0 Å². The van der Waals surface area contributed by atoms with Gasteiger partial charge in [-0.25, -0.2) is 0 Å². The van der Waals surface area contributed by atoms with Gasteiger partial charge in [0.2, 0.25) is 0 Å². The first-order chi connectivity index (χ1) is 7.97. The Kier molecular flexibility index (Phi) is 5.15. The van der Waals surface area contributed by atoms with Gasteiger partial charge >= 0.3 is 5.97 Å². The topological polar surface area (TPSA) is 55.8 Å². The molecule has 1 aliphatic rings. The van der Waals surface area contributed by atoms with Gasteiger partial charge in [-0.05, 0) is 18.9 Å². The quantitative estimate of drug-likeness (QED) is 0.771. The molecule has 1 heterocycles. The van der Waals surface area contributed by atoms with Gasteiger partial charge in [0.25, 0.3) is 0 Å². The van der Waals surface area contributed by atoms with Crippen molar-refractivity contribution in [2.45, 2.75) is 46.8 Å². The molecular formula is C13H22O4. The Morgan fingerprint density at radius 3 is 2.76 bits per heavy atom. The molecule has 98 valence electrons. The van der Waals surface area contributed by atoms with E-state index in [4.69, 9.17) is 9.47 Å². The monoisotopic (exact) mass is 242 g/mol. The Bertz CT molecular complexity index is 309. The highest BCUT2D eigenvalue weighted by Gasteiger charge is 2.30. The predicted molar refractivity (Wildman–Crippen MR) is 64.0 cm³/mol.